The van der Waals surface area contributed by atoms with Crippen molar-refractivity contribution in [3.63, 3.8) is 0 Å². The zero-order valence-corrected chi connectivity index (χ0v) is 12.6. The lowest BCUT2D eigenvalue weighted by Crippen LogP contribution is -2.44. The smallest absolute Gasteiger partial charge is 0.387 e. The van der Waals surface area contributed by atoms with Gasteiger partial charge in [-0.3, -0.25) is 4.79 Å². The van der Waals surface area contributed by atoms with Crippen LogP contribution < -0.4 is 4.74 Å². The van der Waals surface area contributed by atoms with Crippen LogP contribution >= 0.6 is 0 Å². The number of para-hydroxylation sites is 1. The van der Waals surface area contributed by atoms with Crippen molar-refractivity contribution in [3.05, 3.63) is 29.8 Å². The number of hydrogen-bond acceptors (Lipinski definition) is 4. The van der Waals surface area contributed by atoms with Gasteiger partial charge < -0.3 is 19.1 Å². The van der Waals surface area contributed by atoms with E-state index in [2.05, 4.69) is 4.74 Å². The average Bonchev–Trinajstić information content (AvgIpc) is 3.09. The second-order valence-electron chi connectivity index (χ2n) is 5.64. The van der Waals surface area contributed by atoms with Crippen LogP contribution in [0, 0.1) is 5.92 Å². The molecule has 3 rings (SSSR count). The Hall–Kier alpha value is -1.73. The van der Waals surface area contributed by atoms with Crippen LogP contribution in [0.1, 0.15) is 23.2 Å². The fourth-order valence-corrected chi connectivity index (χ4v) is 3.08. The molecule has 0 spiro atoms. The van der Waals surface area contributed by atoms with E-state index in [1.54, 1.807) is 17.0 Å². The number of rotatable bonds is 4. The Labute approximate surface area is 133 Å². The van der Waals surface area contributed by atoms with Crippen molar-refractivity contribution in [1.29, 1.82) is 0 Å². The summed E-state index contributed by atoms with van der Waals surface area (Å²) in [6.45, 7) is -0.740. The van der Waals surface area contributed by atoms with Crippen molar-refractivity contribution in [2.45, 2.75) is 25.7 Å². The van der Waals surface area contributed by atoms with E-state index >= 15 is 0 Å². The lowest BCUT2D eigenvalue weighted by atomic mass is 9.96. The zero-order chi connectivity index (χ0) is 16.2. The molecule has 0 saturated carbocycles. The summed E-state index contributed by atoms with van der Waals surface area (Å²) >= 11 is 0. The minimum atomic E-state index is -2.96. The molecule has 1 unspecified atom stereocenters. The Morgan fingerprint density at radius 2 is 2.00 bits per heavy atom. The van der Waals surface area contributed by atoms with Crippen LogP contribution in [0.25, 0.3) is 0 Å². The summed E-state index contributed by atoms with van der Waals surface area (Å²) < 4.78 is 40.5. The van der Waals surface area contributed by atoms with Gasteiger partial charge >= 0.3 is 6.61 Å². The van der Waals surface area contributed by atoms with Crippen LogP contribution in [0.15, 0.2) is 24.3 Å². The molecule has 0 aromatic heterocycles. The molecule has 2 aliphatic rings. The second kappa shape index (κ2) is 7.23. The van der Waals surface area contributed by atoms with Gasteiger partial charge in [-0.25, -0.2) is 0 Å². The molecule has 1 atom stereocenters. The molecule has 1 amide bonds. The van der Waals surface area contributed by atoms with Crippen LogP contribution in [-0.2, 0) is 9.47 Å². The van der Waals surface area contributed by atoms with Crippen LogP contribution in [-0.4, -0.2) is 50.0 Å². The molecule has 2 saturated heterocycles. The summed E-state index contributed by atoms with van der Waals surface area (Å²) in [7, 11) is 0. The van der Waals surface area contributed by atoms with Crippen molar-refractivity contribution in [2.24, 2.45) is 5.92 Å². The maximum Gasteiger partial charge on any atom is 0.387 e. The van der Waals surface area contributed by atoms with Crippen molar-refractivity contribution in [2.75, 3.05) is 26.3 Å². The van der Waals surface area contributed by atoms with Crippen LogP contribution in [0.5, 0.6) is 5.75 Å². The van der Waals surface area contributed by atoms with Gasteiger partial charge in [0.15, 0.2) is 6.29 Å². The monoisotopic (exact) mass is 327 g/mol. The Kier molecular flexibility index (Phi) is 5.07. The number of alkyl halides is 2. The molecule has 0 N–H and O–H groups in total. The van der Waals surface area contributed by atoms with Gasteiger partial charge in [0.05, 0.1) is 18.8 Å². The Bertz CT molecular complexity index is 549. The van der Waals surface area contributed by atoms with Crippen molar-refractivity contribution in [3.8, 4) is 5.75 Å². The molecule has 7 heteroatoms. The van der Waals surface area contributed by atoms with Gasteiger partial charge in [0.2, 0.25) is 0 Å². The molecule has 2 fully saturated rings. The summed E-state index contributed by atoms with van der Waals surface area (Å²) in [5.41, 5.74) is 0.154. The molecule has 2 heterocycles. The maximum absolute atomic E-state index is 12.7. The van der Waals surface area contributed by atoms with Crippen LogP contribution in [0.2, 0.25) is 0 Å². The zero-order valence-electron chi connectivity index (χ0n) is 12.6. The first-order chi connectivity index (χ1) is 11.1. The molecule has 0 bridgehead atoms. The topological polar surface area (TPSA) is 48.0 Å². The molecule has 1 aromatic carbocycles. The molecule has 0 radical (unpaired) electrons. The van der Waals surface area contributed by atoms with Gasteiger partial charge in [-0.1, -0.05) is 12.1 Å². The number of piperidine rings is 1. The highest BCUT2D eigenvalue weighted by molar-refractivity contribution is 5.97. The average molecular weight is 327 g/mol. The molecular weight excluding hydrogens is 308 g/mol. The lowest BCUT2D eigenvalue weighted by molar-refractivity contribution is -0.0969. The highest BCUT2D eigenvalue weighted by Crippen LogP contribution is 2.28. The van der Waals surface area contributed by atoms with Gasteiger partial charge in [0.1, 0.15) is 5.75 Å². The normalized spacial score (nSPS) is 22.6. The number of benzene rings is 1. The lowest BCUT2D eigenvalue weighted by Gasteiger charge is -2.35. The molecule has 23 heavy (non-hydrogen) atoms. The van der Waals surface area contributed by atoms with E-state index in [0.717, 1.165) is 12.8 Å². The van der Waals surface area contributed by atoms with Gasteiger partial charge in [0, 0.05) is 19.0 Å². The molecular formula is C16H19F2NO4. The molecule has 5 nitrogen and oxygen atoms in total. The summed E-state index contributed by atoms with van der Waals surface area (Å²) in [5.74, 6) is -0.287. The van der Waals surface area contributed by atoms with E-state index in [4.69, 9.17) is 9.47 Å². The quantitative estimate of drug-likeness (QED) is 0.853. The van der Waals surface area contributed by atoms with Crippen molar-refractivity contribution in [1.82, 2.24) is 4.90 Å². The Morgan fingerprint density at radius 3 is 2.74 bits per heavy atom. The fraction of sp³-hybridized carbons (Fsp3) is 0.562. The first-order valence-corrected chi connectivity index (χ1v) is 7.71. The van der Waals surface area contributed by atoms with E-state index in [0.29, 0.717) is 26.3 Å². The number of ether oxygens (including phenoxy) is 3. The molecule has 2 aliphatic heterocycles. The molecule has 0 aliphatic carbocycles. The highest BCUT2D eigenvalue weighted by atomic mass is 19.3. The third-order valence-electron chi connectivity index (χ3n) is 4.11. The summed E-state index contributed by atoms with van der Waals surface area (Å²) in [6.07, 6.45) is 1.47. The van der Waals surface area contributed by atoms with Crippen LogP contribution in [0.3, 0.4) is 0 Å². The van der Waals surface area contributed by atoms with Gasteiger partial charge in [-0.2, -0.15) is 8.78 Å². The van der Waals surface area contributed by atoms with E-state index < -0.39 is 6.61 Å². The SMILES string of the molecule is O=C(c1ccccc1OC(F)F)N1CCCC(C2OCCO2)C1. The Morgan fingerprint density at radius 1 is 1.26 bits per heavy atom. The Balaban J connectivity index is 1.72. The number of likely N-dealkylation sites (tertiary alicyclic amines) is 1. The van der Waals surface area contributed by atoms with Gasteiger partial charge in [-0.05, 0) is 25.0 Å². The van der Waals surface area contributed by atoms with Gasteiger partial charge in [-0.15, -0.1) is 0 Å². The predicted octanol–water partition coefficient (Wildman–Crippen LogP) is 2.51. The number of halogens is 2. The third kappa shape index (κ3) is 3.79. The van der Waals surface area contributed by atoms with E-state index in [1.807, 2.05) is 0 Å². The third-order valence-corrected chi connectivity index (χ3v) is 4.11. The van der Waals surface area contributed by atoms with Crippen molar-refractivity contribution < 1.29 is 27.8 Å². The number of amides is 1. The van der Waals surface area contributed by atoms with E-state index in [9.17, 15) is 13.6 Å². The minimum Gasteiger partial charge on any atom is -0.434 e. The maximum atomic E-state index is 12.7. The highest BCUT2D eigenvalue weighted by Gasteiger charge is 2.33. The van der Waals surface area contributed by atoms with E-state index in [1.165, 1.54) is 12.1 Å². The first-order valence-electron chi connectivity index (χ1n) is 7.71. The minimum absolute atomic E-state index is 0.0945. The number of carbonyl (C=O) groups excluding carboxylic acids is 1. The van der Waals surface area contributed by atoms with Crippen molar-refractivity contribution >= 4 is 5.91 Å². The summed E-state index contributed by atoms with van der Waals surface area (Å²) in [5, 5.41) is 0. The van der Waals surface area contributed by atoms with Crippen LogP contribution in [0.4, 0.5) is 8.78 Å². The molecule has 1 aromatic rings. The van der Waals surface area contributed by atoms with Gasteiger partial charge in [0.25, 0.3) is 5.91 Å². The van der Waals surface area contributed by atoms with E-state index in [-0.39, 0.29) is 29.4 Å². The molecule has 126 valence electrons. The standard InChI is InChI=1S/C16H19F2NO4/c17-16(18)23-13-6-2-1-5-12(13)14(20)19-7-3-4-11(10-19)15-21-8-9-22-15/h1-2,5-6,11,15-16H,3-4,7-10H2. The first kappa shape index (κ1) is 16.1. The number of carbonyl (C=O) groups is 1. The number of nitrogens with zero attached hydrogens (tertiary/aromatic N) is 1. The number of hydrogen-bond donors (Lipinski definition) is 0. The summed E-state index contributed by atoms with van der Waals surface area (Å²) in [6, 6.07) is 6.08. The fourth-order valence-electron chi connectivity index (χ4n) is 3.08. The largest absolute Gasteiger partial charge is 0.434 e. The summed E-state index contributed by atoms with van der Waals surface area (Å²) in [4.78, 5) is 14.3. The predicted molar refractivity (Wildman–Crippen MR) is 77.4 cm³/mol. The second-order valence-corrected chi connectivity index (χ2v) is 5.64.